The van der Waals surface area contributed by atoms with Gasteiger partial charge in [0.05, 0.1) is 19.3 Å². The van der Waals surface area contributed by atoms with Crippen LogP contribution in [0.5, 0.6) is 5.75 Å². The quantitative estimate of drug-likeness (QED) is 0.692. The van der Waals surface area contributed by atoms with E-state index in [0.29, 0.717) is 18.7 Å². The van der Waals surface area contributed by atoms with Crippen molar-refractivity contribution >= 4 is 0 Å². The number of nitrogens with zero attached hydrogens (tertiary/aromatic N) is 3. The van der Waals surface area contributed by atoms with Gasteiger partial charge in [0.25, 0.3) is 0 Å². The zero-order chi connectivity index (χ0) is 16.9. The number of ether oxygens (including phenoxy) is 1. The standard InChI is InChI=1S/C19H20FN3O/c1-14(18-11-16(20)8-9-19(18)24-2)10-17-13-23(22-21-17)12-15-6-4-3-5-7-15/h3-9,11,13-14H,10,12H2,1-2H3. The molecule has 0 aliphatic carbocycles. The molecule has 1 unspecified atom stereocenters. The van der Waals surface area contributed by atoms with Gasteiger partial charge in [-0.25, -0.2) is 9.07 Å². The molecule has 5 heteroatoms. The van der Waals surface area contributed by atoms with Crippen LogP contribution in [0.1, 0.15) is 29.7 Å². The second-order valence-corrected chi connectivity index (χ2v) is 5.88. The molecule has 2 aromatic carbocycles. The first-order valence-corrected chi connectivity index (χ1v) is 7.92. The van der Waals surface area contributed by atoms with Gasteiger partial charge in [-0.2, -0.15) is 0 Å². The van der Waals surface area contributed by atoms with Crippen LogP contribution in [0, 0.1) is 5.82 Å². The van der Waals surface area contributed by atoms with Gasteiger partial charge in [0.1, 0.15) is 11.6 Å². The van der Waals surface area contributed by atoms with Crippen LogP contribution in [0.15, 0.2) is 54.7 Å². The van der Waals surface area contributed by atoms with Gasteiger partial charge in [0, 0.05) is 11.8 Å². The molecule has 0 bridgehead atoms. The fourth-order valence-corrected chi connectivity index (χ4v) is 2.79. The van der Waals surface area contributed by atoms with Gasteiger partial charge in [0.15, 0.2) is 0 Å². The summed E-state index contributed by atoms with van der Waals surface area (Å²) >= 11 is 0. The highest BCUT2D eigenvalue weighted by Gasteiger charge is 2.15. The van der Waals surface area contributed by atoms with E-state index in [1.807, 2.05) is 36.0 Å². The third kappa shape index (κ3) is 3.79. The molecule has 1 atom stereocenters. The van der Waals surface area contributed by atoms with E-state index in [1.54, 1.807) is 13.2 Å². The molecular formula is C19H20FN3O. The Morgan fingerprint density at radius 3 is 2.71 bits per heavy atom. The summed E-state index contributed by atoms with van der Waals surface area (Å²) in [7, 11) is 1.60. The number of rotatable bonds is 6. The highest BCUT2D eigenvalue weighted by Crippen LogP contribution is 2.29. The van der Waals surface area contributed by atoms with E-state index in [-0.39, 0.29) is 11.7 Å². The predicted octanol–water partition coefficient (Wildman–Crippen LogP) is 3.82. The summed E-state index contributed by atoms with van der Waals surface area (Å²) in [6.45, 7) is 2.72. The van der Waals surface area contributed by atoms with E-state index in [0.717, 1.165) is 11.3 Å². The molecular weight excluding hydrogens is 305 g/mol. The Labute approximate surface area is 140 Å². The molecule has 1 aromatic heterocycles. The van der Waals surface area contributed by atoms with Crippen molar-refractivity contribution in [3.8, 4) is 5.75 Å². The minimum absolute atomic E-state index is 0.0810. The monoisotopic (exact) mass is 325 g/mol. The van der Waals surface area contributed by atoms with Gasteiger partial charge in [-0.15, -0.1) is 5.10 Å². The summed E-state index contributed by atoms with van der Waals surface area (Å²) < 4.78 is 20.7. The predicted molar refractivity (Wildman–Crippen MR) is 90.6 cm³/mol. The van der Waals surface area contributed by atoms with Crippen molar-refractivity contribution in [3.63, 3.8) is 0 Å². The molecule has 0 saturated carbocycles. The van der Waals surface area contributed by atoms with E-state index in [1.165, 1.54) is 17.7 Å². The van der Waals surface area contributed by atoms with Crippen LogP contribution in [0.25, 0.3) is 0 Å². The largest absolute Gasteiger partial charge is 0.496 e. The van der Waals surface area contributed by atoms with Gasteiger partial charge >= 0.3 is 0 Å². The number of halogens is 1. The molecule has 3 aromatic rings. The summed E-state index contributed by atoms with van der Waals surface area (Å²) in [5.41, 5.74) is 2.90. The van der Waals surface area contributed by atoms with Crippen LogP contribution in [0.3, 0.4) is 0 Å². The molecule has 1 heterocycles. The maximum absolute atomic E-state index is 13.5. The zero-order valence-corrected chi connectivity index (χ0v) is 13.8. The Morgan fingerprint density at radius 2 is 1.96 bits per heavy atom. The second kappa shape index (κ2) is 7.25. The molecule has 0 N–H and O–H groups in total. The number of methoxy groups -OCH3 is 1. The van der Waals surface area contributed by atoms with Gasteiger partial charge in [-0.05, 0) is 36.1 Å². The lowest BCUT2D eigenvalue weighted by Crippen LogP contribution is -2.02. The molecule has 0 aliphatic rings. The number of benzene rings is 2. The van der Waals surface area contributed by atoms with E-state index < -0.39 is 0 Å². The summed E-state index contributed by atoms with van der Waals surface area (Å²) in [6.07, 6.45) is 2.61. The minimum atomic E-state index is -0.259. The SMILES string of the molecule is COc1ccc(F)cc1C(C)Cc1cn(Cc2ccccc2)nn1. The molecule has 0 fully saturated rings. The molecule has 0 saturated heterocycles. The van der Waals surface area contributed by atoms with Gasteiger partial charge in [-0.1, -0.05) is 42.5 Å². The highest BCUT2D eigenvalue weighted by molar-refractivity contribution is 5.37. The topological polar surface area (TPSA) is 39.9 Å². The fourth-order valence-electron chi connectivity index (χ4n) is 2.79. The maximum Gasteiger partial charge on any atom is 0.123 e. The first-order chi connectivity index (χ1) is 11.7. The van der Waals surface area contributed by atoms with Crippen molar-refractivity contribution in [2.75, 3.05) is 7.11 Å². The summed E-state index contributed by atoms with van der Waals surface area (Å²) in [5.74, 6) is 0.517. The molecule has 3 rings (SSSR count). The molecule has 124 valence electrons. The van der Waals surface area contributed by atoms with Crippen LogP contribution < -0.4 is 4.74 Å². The normalized spacial score (nSPS) is 12.1. The lowest BCUT2D eigenvalue weighted by molar-refractivity contribution is 0.404. The van der Waals surface area contributed by atoms with Crippen LogP contribution in [0.4, 0.5) is 4.39 Å². The minimum Gasteiger partial charge on any atom is -0.496 e. The third-order valence-corrected chi connectivity index (χ3v) is 4.01. The number of hydrogen-bond donors (Lipinski definition) is 0. The van der Waals surface area contributed by atoms with Crippen LogP contribution >= 0.6 is 0 Å². The summed E-state index contributed by atoms with van der Waals surface area (Å²) in [4.78, 5) is 0. The van der Waals surface area contributed by atoms with Crippen molar-refractivity contribution in [2.45, 2.75) is 25.8 Å². The summed E-state index contributed by atoms with van der Waals surface area (Å²) in [6, 6.07) is 14.7. The Hall–Kier alpha value is -2.69. The molecule has 0 aliphatic heterocycles. The van der Waals surface area contributed by atoms with Gasteiger partial charge in [-0.3, -0.25) is 0 Å². The van der Waals surface area contributed by atoms with E-state index in [9.17, 15) is 4.39 Å². The van der Waals surface area contributed by atoms with Crippen LogP contribution in [-0.4, -0.2) is 22.1 Å². The van der Waals surface area contributed by atoms with E-state index in [2.05, 4.69) is 22.4 Å². The van der Waals surface area contributed by atoms with Crippen molar-refractivity contribution in [3.05, 3.63) is 77.4 Å². The van der Waals surface area contributed by atoms with E-state index in [4.69, 9.17) is 4.74 Å². The average molecular weight is 325 g/mol. The number of aromatic nitrogens is 3. The second-order valence-electron chi connectivity index (χ2n) is 5.88. The smallest absolute Gasteiger partial charge is 0.123 e. The average Bonchev–Trinajstić information content (AvgIpc) is 3.02. The number of hydrogen-bond acceptors (Lipinski definition) is 3. The highest BCUT2D eigenvalue weighted by atomic mass is 19.1. The molecule has 0 spiro atoms. The first-order valence-electron chi connectivity index (χ1n) is 7.92. The van der Waals surface area contributed by atoms with Crippen molar-refractivity contribution in [1.82, 2.24) is 15.0 Å². The van der Waals surface area contributed by atoms with Crippen LogP contribution in [-0.2, 0) is 13.0 Å². The Balaban J connectivity index is 1.71. The Morgan fingerprint density at radius 1 is 1.17 bits per heavy atom. The van der Waals surface area contributed by atoms with Crippen molar-refractivity contribution in [1.29, 1.82) is 0 Å². The first kappa shape index (κ1) is 16.2. The fraction of sp³-hybridized carbons (Fsp3) is 0.263. The van der Waals surface area contributed by atoms with Gasteiger partial charge in [0.2, 0.25) is 0 Å². The third-order valence-electron chi connectivity index (χ3n) is 4.01. The Bertz CT molecular complexity index is 801. The molecule has 4 nitrogen and oxygen atoms in total. The lowest BCUT2D eigenvalue weighted by atomic mass is 9.95. The molecule has 24 heavy (non-hydrogen) atoms. The van der Waals surface area contributed by atoms with Crippen molar-refractivity contribution < 1.29 is 9.13 Å². The molecule has 0 radical (unpaired) electrons. The van der Waals surface area contributed by atoms with Gasteiger partial charge < -0.3 is 4.74 Å². The molecule has 0 amide bonds. The maximum atomic E-state index is 13.5. The zero-order valence-electron chi connectivity index (χ0n) is 13.8. The van der Waals surface area contributed by atoms with Crippen molar-refractivity contribution in [2.24, 2.45) is 0 Å². The summed E-state index contributed by atoms with van der Waals surface area (Å²) in [5, 5.41) is 8.41. The van der Waals surface area contributed by atoms with E-state index >= 15 is 0 Å². The van der Waals surface area contributed by atoms with Crippen LogP contribution in [0.2, 0.25) is 0 Å². The lowest BCUT2D eigenvalue weighted by Gasteiger charge is -2.14. The Kier molecular flexibility index (Phi) is 4.89.